The Bertz CT molecular complexity index is 1710. The molecule has 0 saturated carbocycles. The maximum absolute atomic E-state index is 13.0. The number of carbonyl (C=O) groups excluding carboxylic acids is 4. The van der Waals surface area contributed by atoms with Gasteiger partial charge in [0.2, 0.25) is 0 Å². The topological polar surface area (TPSA) is 237 Å². The lowest BCUT2D eigenvalue weighted by Crippen LogP contribution is -2.30. The van der Waals surface area contributed by atoms with Gasteiger partial charge in [-0.3, -0.25) is 37.3 Å². The van der Waals surface area contributed by atoms with Gasteiger partial charge >= 0.3 is 39.5 Å². The first-order chi connectivity index (χ1) is 40.1. The van der Waals surface area contributed by atoms with Crippen molar-refractivity contribution < 1.29 is 80.2 Å². The molecule has 0 saturated heterocycles. The van der Waals surface area contributed by atoms with Crippen LogP contribution in [0.25, 0.3) is 0 Å². The van der Waals surface area contributed by atoms with Gasteiger partial charge in [-0.1, -0.05) is 245 Å². The van der Waals surface area contributed by atoms with Crippen LogP contribution in [0.1, 0.15) is 298 Å². The minimum Gasteiger partial charge on any atom is -0.462 e. The first kappa shape index (κ1) is 80.5. The Morgan fingerprint density at radius 2 is 0.675 bits per heavy atom. The summed E-state index contributed by atoms with van der Waals surface area (Å²) in [4.78, 5) is 72.1. The fourth-order valence-electron chi connectivity index (χ4n) is 9.01. The molecular weight excluding hydrogens is 1100 g/mol. The van der Waals surface area contributed by atoms with Crippen LogP contribution in [0.5, 0.6) is 0 Å². The molecule has 0 radical (unpaired) electrons. The number of aliphatic hydroxyl groups excluding tert-OH is 1. The first-order valence-electron chi connectivity index (χ1n) is 33.0. The molecule has 0 aliphatic rings. The Labute approximate surface area is 503 Å². The van der Waals surface area contributed by atoms with E-state index in [-0.39, 0.29) is 25.7 Å². The zero-order chi connectivity index (χ0) is 61.3. The van der Waals surface area contributed by atoms with Crippen LogP contribution in [0.4, 0.5) is 0 Å². The summed E-state index contributed by atoms with van der Waals surface area (Å²) >= 11 is 0. The third-order valence-corrected chi connectivity index (χ3v) is 16.4. The van der Waals surface area contributed by atoms with Gasteiger partial charge in [0.25, 0.3) is 0 Å². The van der Waals surface area contributed by atoms with Crippen molar-refractivity contribution in [2.24, 2.45) is 5.92 Å². The van der Waals surface area contributed by atoms with Crippen molar-refractivity contribution in [1.29, 1.82) is 0 Å². The van der Waals surface area contributed by atoms with Crippen LogP contribution in [0.3, 0.4) is 0 Å². The molecule has 0 aromatic rings. The smallest absolute Gasteiger partial charge is 0.462 e. The highest BCUT2D eigenvalue weighted by molar-refractivity contribution is 7.47. The van der Waals surface area contributed by atoms with E-state index in [0.717, 1.165) is 115 Å². The van der Waals surface area contributed by atoms with E-state index in [1.165, 1.54) is 103 Å². The summed E-state index contributed by atoms with van der Waals surface area (Å²) in [6.45, 7) is 7.05. The Hall–Kier alpha value is -2.46. The van der Waals surface area contributed by atoms with E-state index in [9.17, 15) is 43.2 Å². The molecule has 0 heterocycles. The van der Waals surface area contributed by atoms with Gasteiger partial charge in [0.1, 0.15) is 19.3 Å². The molecule has 83 heavy (non-hydrogen) atoms. The lowest BCUT2D eigenvalue weighted by atomic mass is 10.00. The fraction of sp³-hybridized carbons (Fsp3) is 0.875. The molecular formula is C64H120O17P2. The minimum atomic E-state index is -4.95. The number of hydrogen-bond donors (Lipinski definition) is 3. The summed E-state index contributed by atoms with van der Waals surface area (Å²) in [7, 11) is -9.89. The van der Waals surface area contributed by atoms with E-state index in [4.69, 9.17) is 37.0 Å². The lowest BCUT2D eigenvalue weighted by Gasteiger charge is -2.21. The van der Waals surface area contributed by atoms with Gasteiger partial charge in [-0.2, -0.15) is 0 Å². The van der Waals surface area contributed by atoms with E-state index in [1.807, 2.05) is 0 Å². The highest BCUT2D eigenvalue weighted by Crippen LogP contribution is 2.45. The standard InChI is InChI=1S/C64H120O17P2/c1-6-10-13-16-19-22-23-24-25-26-27-30-33-40-45-50-64(69)81-60(54-75-62(67)48-43-38-35-34-36-41-46-57(5)9-4)56-79-83(72,73)77-52-58(65)51-76-82(70,71)78-55-59(80-63(68)49-44-39-32-29-21-18-15-12-8-3)53-74-61(66)47-42-37-31-28-20-17-14-11-7-2/h22-25,57-60,65H,6-21,26-56H2,1-5H3,(H,70,71)(H,72,73)/b23-22-,25-24-/t57?,58-,59+,60+/m0/s1. The molecule has 0 aromatic carbocycles. The average molecular weight is 1220 g/mol. The number of hydrogen-bond acceptors (Lipinski definition) is 15. The van der Waals surface area contributed by atoms with Gasteiger partial charge in [0.05, 0.1) is 26.4 Å². The maximum atomic E-state index is 13.0. The van der Waals surface area contributed by atoms with Crippen molar-refractivity contribution in [3.8, 4) is 0 Å². The Balaban J connectivity index is 5.26. The fourth-order valence-corrected chi connectivity index (χ4v) is 10.6. The van der Waals surface area contributed by atoms with Crippen LogP contribution in [-0.2, 0) is 65.4 Å². The van der Waals surface area contributed by atoms with Crippen LogP contribution in [-0.4, -0.2) is 96.7 Å². The van der Waals surface area contributed by atoms with Crippen molar-refractivity contribution >= 4 is 39.5 Å². The van der Waals surface area contributed by atoms with Crippen molar-refractivity contribution in [3.05, 3.63) is 24.3 Å². The molecule has 0 spiro atoms. The number of ether oxygens (including phenoxy) is 4. The number of allylic oxidation sites excluding steroid dienone is 4. The maximum Gasteiger partial charge on any atom is 0.472 e. The third kappa shape index (κ3) is 57.1. The molecule has 3 N–H and O–H groups in total. The Morgan fingerprint density at radius 1 is 0.386 bits per heavy atom. The zero-order valence-corrected chi connectivity index (χ0v) is 54.6. The summed E-state index contributed by atoms with van der Waals surface area (Å²) in [5.74, 6) is -1.44. The molecule has 0 amide bonds. The van der Waals surface area contributed by atoms with Crippen LogP contribution in [0.15, 0.2) is 24.3 Å². The summed E-state index contributed by atoms with van der Waals surface area (Å²) in [6.07, 6.45) is 43.9. The van der Waals surface area contributed by atoms with Crippen LogP contribution in [0, 0.1) is 5.92 Å². The van der Waals surface area contributed by atoms with Gasteiger partial charge in [-0.25, -0.2) is 9.13 Å². The number of phosphoric ester groups is 2. The van der Waals surface area contributed by atoms with Gasteiger partial charge in [-0.05, 0) is 57.3 Å². The van der Waals surface area contributed by atoms with Gasteiger partial charge < -0.3 is 33.8 Å². The van der Waals surface area contributed by atoms with Crippen molar-refractivity contribution in [2.45, 2.75) is 316 Å². The minimum absolute atomic E-state index is 0.0841. The number of phosphoric acid groups is 2. The van der Waals surface area contributed by atoms with Crippen LogP contribution < -0.4 is 0 Å². The van der Waals surface area contributed by atoms with Crippen molar-refractivity contribution in [2.75, 3.05) is 39.6 Å². The highest BCUT2D eigenvalue weighted by atomic mass is 31.2. The number of unbranched alkanes of at least 4 members (excludes halogenated alkanes) is 30. The Morgan fingerprint density at radius 3 is 1.02 bits per heavy atom. The molecule has 17 nitrogen and oxygen atoms in total. The SMILES string of the molecule is CCCCCC/C=C\C=C/CCCCCCCC(=O)O[C@H](COC(=O)CCCCCCCCC(C)CC)COP(=O)(O)OC[C@@H](O)COP(=O)(O)OC[C@@H](COC(=O)CCCCCCCCCCC)OC(=O)CCCCCCCCCCC. The monoisotopic (exact) mass is 1220 g/mol. The second-order valence-corrected chi connectivity index (χ2v) is 25.6. The molecule has 0 aromatic heterocycles. The quantitative estimate of drug-likeness (QED) is 0.0169. The van der Waals surface area contributed by atoms with E-state index >= 15 is 0 Å². The molecule has 488 valence electrons. The molecule has 0 aliphatic carbocycles. The molecule has 0 aliphatic heterocycles. The molecule has 0 bridgehead atoms. The van der Waals surface area contributed by atoms with Gasteiger partial charge in [-0.15, -0.1) is 0 Å². The van der Waals surface area contributed by atoms with E-state index in [1.54, 1.807) is 0 Å². The average Bonchev–Trinajstić information content (AvgIpc) is 3.47. The van der Waals surface area contributed by atoms with E-state index < -0.39 is 97.5 Å². The summed E-state index contributed by atoms with van der Waals surface area (Å²) in [5.41, 5.74) is 0. The molecule has 0 fully saturated rings. The van der Waals surface area contributed by atoms with Gasteiger partial charge in [0, 0.05) is 25.7 Å². The number of rotatable bonds is 62. The second kappa shape index (κ2) is 57.3. The van der Waals surface area contributed by atoms with Crippen molar-refractivity contribution in [3.63, 3.8) is 0 Å². The summed E-state index contributed by atoms with van der Waals surface area (Å²) in [6, 6.07) is 0. The molecule has 6 atom stereocenters. The van der Waals surface area contributed by atoms with Crippen LogP contribution >= 0.6 is 15.6 Å². The molecule has 19 heteroatoms. The highest BCUT2D eigenvalue weighted by Gasteiger charge is 2.30. The predicted octanol–water partition coefficient (Wildman–Crippen LogP) is 17.3. The Kier molecular flexibility index (Phi) is 55.6. The number of esters is 4. The van der Waals surface area contributed by atoms with Crippen molar-refractivity contribution in [1.82, 2.24) is 0 Å². The number of carbonyl (C=O) groups is 4. The normalized spacial score (nSPS) is 14.7. The number of aliphatic hydroxyl groups is 1. The summed E-state index contributed by atoms with van der Waals surface area (Å²) < 4.78 is 67.9. The second-order valence-electron chi connectivity index (χ2n) is 22.7. The first-order valence-corrected chi connectivity index (χ1v) is 36.0. The third-order valence-electron chi connectivity index (χ3n) is 14.5. The van der Waals surface area contributed by atoms with Crippen LogP contribution in [0.2, 0.25) is 0 Å². The molecule has 3 unspecified atom stereocenters. The van der Waals surface area contributed by atoms with Gasteiger partial charge in [0.15, 0.2) is 12.2 Å². The molecule has 0 rings (SSSR count). The predicted molar refractivity (Wildman–Crippen MR) is 331 cm³/mol. The zero-order valence-electron chi connectivity index (χ0n) is 52.8. The van der Waals surface area contributed by atoms with E-state index in [2.05, 4.69) is 58.9 Å². The lowest BCUT2D eigenvalue weighted by molar-refractivity contribution is -0.161. The largest absolute Gasteiger partial charge is 0.472 e. The van der Waals surface area contributed by atoms with E-state index in [0.29, 0.717) is 25.7 Å². The summed E-state index contributed by atoms with van der Waals surface area (Å²) in [5, 5.41) is 10.5.